The van der Waals surface area contributed by atoms with Gasteiger partial charge in [0.15, 0.2) is 5.69 Å². The molecule has 2 rings (SSSR count). The average Bonchev–Trinajstić information content (AvgIpc) is 2.50. The highest BCUT2D eigenvalue weighted by Gasteiger charge is 2.01. The van der Waals surface area contributed by atoms with Gasteiger partial charge in [-0.15, -0.1) is 0 Å². The molecule has 0 spiro atoms. The van der Waals surface area contributed by atoms with Crippen LogP contribution in [0.5, 0.6) is 0 Å². The number of nitriles is 1. The molecule has 3 nitrogen and oxygen atoms in total. The summed E-state index contributed by atoms with van der Waals surface area (Å²) < 4.78 is 5.07. The zero-order valence-electron chi connectivity index (χ0n) is 5.61. The molecule has 2 aromatic heterocycles. The number of hydrogen-bond donors (Lipinski definition) is 0. The van der Waals surface area contributed by atoms with E-state index in [1.54, 1.807) is 24.6 Å². The van der Waals surface area contributed by atoms with E-state index in [1.165, 1.54) is 0 Å². The highest BCUT2D eigenvalue weighted by Crippen LogP contribution is 2.16. The van der Waals surface area contributed by atoms with E-state index < -0.39 is 0 Å². The van der Waals surface area contributed by atoms with E-state index in [0.717, 1.165) is 5.39 Å². The number of rotatable bonds is 0. The summed E-state index contributed by atoms with van der Waals surface area (Å²) in [5, 5.41) is 9.37. The van der Waals surface area contributed by atoms with Gasteiger partial charge in [-0.3, -0.25) is 0 Å². The summed E-state index contributed by atoms with van der Waals surface area (Å²) in [5.74, 6) is 0. The first-order chi connectivity index (χ1) is 5.42. The van der Waals surface area contributed by atoms with E-state index in [0.29, 0.717) is 11.3 Å². The predicted molar refractivity (Wildman–Crippen MR) is 38.7 cm³/mol. The number of fused-ring (bicyclic) bond motifs is 1. The van der Waals surface area contributed by atoms with Crippen molar-refractivity contribution in [1.82, 2.24) is 4.98 Å². The number of pyridine rings is 1. The lowest BCUT2D eigenvalue weighted by molar-refractivity contribution is 0.615. The van der Waals surface area contributed by atoms with Crippen LogP contribution in [0, 0.1) is 11.3 Å². The van der Waals surface area contributed by atoms with Crippen molar-refractivity contribution in [3.05, 3.63) is 30.3 Å². The molecule has 3 heteroatoms. The number of furan rings is 1. The molecule has 0 aliphatic heterocycles. The molecule has 0 bridgehead atoms. The van der Waals surface area contributed by atoms with Gasteiger partial charge in [0.2, 0.25) is 0 Å². The van der Waals surface area contributed by atoms with Gasteiger partial charge < -0.3 is 4.42 Å². The standard InChI is InChI=1S/C8H4N2O/c9-5-7-6-2-4-11-8(6)1-3-10-7/h1-4H. The van der Waals surface area contributed by atoms with Crippen LogP contribution in [-0.4, -0.2) is 4.98 Å². The number of aromatic nitrogens is 1. The van der Waals surface area contributed by atoms with Crippen LogP contribution in [0.2, 0.25) is 0 Å². The first-order valence-electron chi connectivity index (χ1n) is 3.14. The molecule has 0 saturated heterocycles. The van der Waals surface area contributed by atoms with E-state index in [9.17, 15) is 0 Å². The minimum atomic E-state index is 0.413. The van der Waals surface area contributed by atoms with Gasteiger partial charge >= 0.3 is 0 Å². The van der Waals surface area contributed by atoms with Gasteiger partial charge in [-0.1, -0.05) is 0 Å². The summed E-state index contributed by atoms with van der Waals surface area (Å²) in [4.78, 5) is 3.88. The lowest BCUT2D eigenvalue weighted by Crippen LogP contribution is -1.79. The van der Waals surface area contributed by atoms with Crippen LogP contribution < -0.4 is 0 Å². The Morgan fingerprint density at radius 1 is 1.45 bits per heavy atom. The molecule has 2 heterocycles. The third kappa shape index (κ3) is 0.767. The maximum Gasteiger partial charge on any atom is 0.151 e. The monoisotopic (exact) mass is 144 g/mol. The molecule has 2 aromatic rings. The first-order valence-corrected chi connectivity index (χ1v) is 3.14. The molecule has 0 saturated carbocycles. The van der Waals surface area contributed by atoms with Crippen molar-refractivity contribution in [3.8, 4) is 6.07 Å². The van der Waals surface area contributed by atoms with E-state index in [2.05, 4.69) is 4.98 Å². The van der Waals surface area contributed by atoms with Gasteiger partial charge in [0.25, 0.3) is 0 Å². The molecule has 0 amide bonds. The van der Waals surface area contributed by atoms with Crippen LogP contribution in [0.3, 0.4) is 0 Å². The summed E-state index contributed by atoms with van der Waals surface area (Å²) in [6, 6.07) is 5.45. The number of nitrogens with zero attached hydrogens (tertiary/aromatic N) is 2. The fourth-order valence-electron chi connectivity index (χ4n) is 0.984. The molecular weight excluding hydrogens is 140 g/mol. The van der Waals surface area contributed by atoms with Crippen molar-refractivity contribution >= 4 is 11.0 Å². The summed E-state index contributed by atoms with van der Waals surface area (Å²) in [6.45, 7) is 0. The first kappa shape index (κ1) is 5.93. The lowest BCUT2D eigenvalue weighted by Gasteiger charge is -1.87. The third-order valence-corrected chi connectivity index (χ3v) is 1.49. The Kier molecular flexibility index (Phi) is 1.13. The van der Waals surface area contributed by atoms with E-state index >= 15 is 0 Å². The lowest BCUT2D eigenvalue weighted by atomic mass is 10.2. The Bertz CT molecular complexity index is 425. The van der Waals surface area contributed by atoms with Crippen LogP contribution in [0.25, 0.3) is 11.0 Å². The van der Waals surface area contributed by atoms with Crippen molar-refractivity contribution in [3.63, 3.8) is 0 Å². The van der Waals surface area contributed by atoms with Crippen molar-refractivity contribution < 1.29 is 4.42 Å². The van der Waals surface area contributed by atoms with E-state index in [1.807, 2.05) is 6.07 Å². The maximum absolute atomic E-state index is 8.60. The van der Waals surface area contributed by atoms with Gasteiger partial charge in [-0.25, -0.2) is 4.98 Å². The topological polar surface area (TPSA) is 49.8 Å². The molecule has 11 heavy (non-hydrogen) atoms. The van der Waals surface area contributed by atoms with Gasteiger partial charge in [-0.2, -0.15) is 5.26 Å². The summed E-state index contributed by atoms with van der Waals surface area (Å²) in [5.41, 5.74) is 1.12. The molecule has 0 N–H and O–H groups in total. The Morgan fingerprint density at radius 3 is 3.18 bits per heavy atom. The van der Waals surface area contributed by atoms with Crippen molar-refractivity contribution in [2.45, 2.75) is 0 Å². The summed E-state index contributed by atoms with van der Waals surface area (Å²) in [6.07, 6.45) is 3.11. The Morgan fingerprint density at radius 2 is 2.36 bits per heavy atom. The smallest absolute Gasteiger partial charge is 0.151 e. The quantitative estimate of drug-likeness (QED) is 0.565. The van der Waals surface area contributed by atoms with Gasteiger partial charge in [-0.05, 0) is 12.1 Å². The highest BCUT2D eigenvalue weighted by atomic mass is 16.3. The SMILES string of the molecule is N#Cc1nccc2occc12. The van der Waals surface area contributed by atoms with Crippen LogP contribution >= 0.6 is 0 Å². The Hall–Kier alpha value is -1.82. The average molecular weight is 144 g/mol. The van der Waals surface area contributed by atoms with Gasteiger partial charge in [0.05, 0.1) is 11.6 Å². The highest BCUT2D eigenvalue weighted by molar-refractivity contribution is 5.81. The molecule has 0 radical (unpaired) electrons. The largest absolute Gasteiger partial charge is 0.464 e. The zero-order valence-corrected chi connectivity index (χ0v) is 5.61. The maximum atomic E-state index is 8.60. The zero-order chi connectivity index (χ0) is 7.68. The number of hydrogen-bond acceptors (Lipinski definition) is 3. The molecule has 0 atom stereocenters. The molecule has 0 unspecified atom stereocenters. The fourth-order valence-corrected chi connectivity index (χ4v) is 0.984. The van der Waals surface area contributed by atoms with Crippen LogP contribution in [-0.2, 0) is 0 Å². The van der Waals surface area contributed by atoms with Crippen LogP contribution in [0.1, 0.15) is 5.69 Å². The second-order valence-corrected chi connectivity index (χ2v) is 2.10. The van der Waals surface area contributed by atoms with Gasteiger partial charge in [0, 0.05) is 6.20 Å². The molecule has 0 fully saturated rings. The third-order valence-electron chi connectivity index (χ3n) is 1.49. The summed E-state index contributed by atoms with van der Waals surface area (Å²) >= 11 is 0. The second-order valence-electron chi connectivity index (χ2n) is 2.10. The second kappa shape index (κ2) is 2.10. The van der Waals surface area contributed by atoms with Crippen molar-refractivity contribution in [1.29, 1.82) is 5.26 Å². The normalized spacial score (nSPS) is 9.73. The predicted octanol–water partition coefficient (Wildman–Crippen LogP) is 1.70. The molecule has 0 aliphatic rings. The fraction of sp³-hybridized carbons (Fsp3) is 0. The van der Waals surface area contributed by atoms with E-state index in [4.69, 9.17) is 9.68 Å². The molecule has 0 aliphatic carbocycles. The van der Waals surface area contributed by atoms with Crippen molar-refractivity contribution in [2.24, 2.45) is 0 Å². The Balaban J connectivity index is 2.92. The minimum Gasteiger partial charge on any atom is -0.464 e. The van der Waals surface area contributed by atoms with Crippen LogP contribution in [0.15, 0.2) is 29.0 Å². The molecule has 52 valence electrons. The Labute approximate surface area is 62.9 Å². The summed E-state index contributed by atoms with van der Waals surface area (Å²) in [7, 11) is 0. The minimum absolute atomic E-state index is 0.413. The van der Waals surface area contributed by atoms with E-state index in [-0.39, 0.29) is 0 Å². The molecular formula is C8H4N2O. The van der Waals surface area contributed by atoms with Crippen LogP contribution in [0.4, 0.5) is 0 Å². The van der Waals surface area contributed by atoms with Crippen molar-refractivity contribution in [2.75, 3.05) is 0 Å². The van der Waals surface area contributed by atoms with Gasteiger partial charge in [0.1, 0.15) is 11.7 Å². The molecule has 0 aromatic carbocycles.